The molecule has 1 heterocycles. The van der Waals surface area contributed by atoms with E-state index >= 15 is 0 Å². The van der Waals surface area contributed by atoms with Crippen LogP contribution in [0.25, 0.3) is 0 Å². The molecule has 12 heteroatoms. The highest BCUT2D eigenvalue weighted by atomic mass is 19.4. The van der Waals surface area contributed by atoms with E-state index in [9.17, 15) is 27.6 Å². The molecule has 0 N–H and O–H groups in total. The van der Waals surface area contributed by atoms with Crippen molar-refractivity contribution >= 4 is 18.0 Å². The van der Waals surface area contributed by atoms with Gasteiger partial charge in [0.25, 0.3) is 0 Å². The zero-order chi connectivity index (χ0) is 28.8. The third-order valence-corrected chi connectivity index (χ3v) is 5.87. The SMILES string of the molecule is Cc1ccc(CN2CCN(C(=O)OC(C)C(F)(F)F)CC2)c(OC(C)(C)C(=O)OC(C)OC(=O)C(C)C)c1. The molecule has 2 atom stereocenters. The van der Waals surface area contributed by atoms with Crippen LogP contribution < -0.4 is 4.74 Å². The first-order valence-corrected chi connectivity index (χ1v) is 12.4. The second kappa shape index (κ2) is 12.7. The molecule has 1 aromatic rings. The minimum Gasteiger partial charge on any atom is -0.476 e. The molecule has 0 spiro atoms. The monoisotopic (exact) mass is 546 g/mol. The predicted molar refractivity (Wildman–Crippen MR) is 131 cm³/mol. The average molecular weight is 547 g/mol. The van der Waals surface area contributed by atoms with Gasteiger partial charge in [0.15, 0.2) is 11.7 Å². The second-order valence-electron chi connectivity index (χ2n) is 10.1. The Morgan fingerprint density at radius 2 is 1.55 bits per heavy atom. The minimum absolute atomic E-state index is 0.205. The smallest absolute Gasteiger partial charge is 0.425 e. The molecule has 0 aliphatic carbocycles. The number of rotatable bonds is 9. The van der Waals surface area contributed by atoms with Crippen molar-refractivity contribution in [3.05, 3.63) is 29.3 Å². The molecule has 0 bridgehead atoms. The molecule has 1 aliphatic heterocycles. The predicted octanol–water partition coefficient (Wildman–Crippen LogP) is 4.45. The van der Waals surface area contributed by atoms with E-state index in [2.05, 4.69) is 4.74 Å². The summed E-state index contributed by atoms with van der Waals surface area (Å²) in [5, 5.41) is 0. The molecule has 1 aliphatic rings. The number of ether oxygens (including phenoxy) is 4. The highest BCUT2D eigenvalue weighted by molar-refractivity contribution is 5.79. The lowest BCUT2D eigenvalue weighted by Gasteiger charge is -2.35. The summed E-state index contributed by atoms with van der Waals surface area (Å²) in [4.78, 5) is 39.9. The highest BCUT2D eigenvalue weighted by Gasteiger charge is 2.40. The fourth-order valence-electron chi connectivity index (χ4n) is 3.44. The van der Waals surface area contributed by atoms with E-state index in [0.717, 1.165) is 18.1 Å². The van der Waals surface area contributed by atoms with Gasteiger partial charge < -0.3 is 23.8 Å². The van der Waals surface area contributed by atoms with Crippen molar-refractivity contribution in [3.63, 3.8) is 0 Å². The van der Waals surface area contributed by atoms with Crippen LogP contribution in [-0.2, 0) is 30.3 Å². The lowest BCUT2D eigenvalue weighted by Crippen LogP contribution is -2.49. The molecule has 2 rings (SSSR count). The van der Waals surface area contributed by atoms with E-state index in [1.54, 1.807) is 33.8 Å². The number of carbonyl (C=O) groups is 3. The molecular formula is C26H37F3N2O7. The van der Waals surface area contributed by atoms with Crippen LogP contribution >= 0.6 is 0 Å². The molecule has 38 heavy (non-hydrogen) atoms. The molecule has 1 aromatic carbocycles. The minimum atomic E-state index is -4.61. The van der Waals surface area contributed by atoms with Gasteiger partial charge in [-0.25, -0.2) is 9.59 Å². The van der Waals surface area contributed by atoms with Gasteiger partial charge in [-0.2, -0.15) is 13.2 Å². The Balaban J connectivity index is 2.00. The highest BCUT2D eigenvalue weighted by Crippen LogP contribution is 2.28. The van der Waals surface area contributed by atoms with Gasteiger partial charge in [0.2, 0.25) is 6.29 Å². The van der Waals surface area contributed by atoms with Gasteiger partial charge in [-0.3, -0.25) is 9.69 Å². The number of hydrogen-bond donors (Lipinski definition) is 0. The van der Waals surface area contributed by atoms with Gasteiger partial charge in [0, 0.05) is 45.2 Å². The average Bonchev–Trinajstić information content (AvgIpc) is 2.80. The van der Waals surface area contributed by atoms with Gasteiger partial charge in [-0.15, -0.1) is 0 Å². The fourth-order valence-corrected chi connectivity index (χ4v) is 3.44. The normalized spacial score (nSPS) is 16.6. The molecule has 0 saturated carbocycles. The van der Waals surface area contributed by atoms with Crippen LogP contribution in [0.5, 0.6) is 5.75 Å². The van der Waals surface area contributed by atoms with E-state index in [1.165, 1.54) is 11.8 Å². The van der Waals surface area contributed by atoms with Gasteiger partial charge >= 0.3 is 24.2 Å². The van der Waals surface area contributed by atoms with Crippen molar-refractivity contribution in [2.24, 2.45) is 5.92 Å². The molecule has 1 fully saturated rings. The van der Waals surface area contributed by atoms with E-state index < -0.39 is 42.2 Å². The maximum atomic E-state index is 12.8. The molecular weight excluding hydrogens is 509 g/mol. The van der Waals surface area contributed by atoms with Crippen LogP contribution in [0.15, 0.2) is 18.2 Å². The van der Waals surface area contributed by atoms with Crippen molar-refractivity contribution in [3.8, 4) is 5.75 Å². The Morgan fingerprint density at radius 3 is 2.11 bits per heavy atom. The van der Waals surface area contributed by atoms with Crippen LogP contribution in [0.4, 0.5) is 18.0 Å². The Kier molecular flexibility index (Phi) is 10.4. The van der Waals surface area contributed by atoms with Gasteiger partial charge in [0.05, 0.1) is 5.92 Å². The molecule has 214 valence electrons. The summed E-state index contributed by atoms with van der Waals surface area (Å²) >= 11 is 0. The number of alkyl halides is 3. The molecule has 9 nitrogen and oxygen atoms in total. The quantitative estimate of drug-likeness (QED) is 0.331. The Hall–Kier alpha value is -3.02. The van der Waals surface area contributed by atoms with Crippen molar-refractivity contribution in [2.45, 2.75) is 79.2 Å². The van der Waals surface area contributed by atoms with Crippen LogP contribution in [-0.4, -0.2) is 78.2 Å². The number of nitrogens with zero attached hydrogens (tertiary/aromatic N) is 2. The first-order valence-electron chi connectivity index (χ1n) is 12.4. The summed E-state index contributed by atoms with van der Waals surface area (Å²) in [5.74, 6) is -1.12. The third kappa shape index (κ3) is 9.07. The largest absolute Gasteiger partial charge is 0.476 e. The lowest BCUT2D eigenvalue weighted by atomic mass is 10.1. The molecule has 0 aromatic heterocycles. The van der Waals surface area contributed by atoms with Crippen LogP contribution in [0.2, 0.25) is 0 Å². The van der Waals surface area contributed by atoms with Crippen molar-refractivity contribution in [1.82, 2.24) is 9.80 Å². The van der Waals surface area contributed by atoms with Gasteiger partial charge in [0.1, 0.15) is 5.75 Å². The summed E-state index contributed by atoms with van der Waals surface area (Å²) in [6, 6.07) is 5.55. The van der Waals surface area contributed by atoms with Crippen LogP contribution in [0.1, 0.15) is 52.7 Å². The van der Waals surface area contributed by atoms with Crippen molar-refractivity contribution in [1.29, 1.82) is 0 Å². The third-order valence-electron chi connectivity index (χ3n) is 5.87. The number of carbonyl (C=O) groups excluding carboxylic acids is 3. The summed E-state index contributed by atoms with van der Waals surface area (Å²) in [6.45, 7) is 12.2. The summed E-state index contributed by atoms with van der Waals surface area (Å²) in [7, 11) is 0. The number of amides is 1. The Morgan fingerprint density at radius 1 is 0.947 bits per heavy atom. The molecule has 1 amide bonds. The van der Waals surface area contributed by atoms with Crippen molar-refractivity contribution in [2.75, 3.05) is 26.2 Å². The van der Waals surface area contributed by atoms with Gasteiger partial charge in [-0.05, 0) is 39.3 Å². The maximum absolute atomic E-state index is 12.8. The number of halogens is 3. The maximum Gasteiger partial charge on any atom is 0.425 e. The zero-order valence-corrected chi connectivity index (χ0v) is 22.9. The number of piperazine rings is 1. The summed E-state index contributed by atoms with van der Waals surface area (Å²) in [5.41, 5.74) is 0.273. The first kappa shape index (κ1) is 31.2. The molecule has 2 unspecified atom stereocenters. The number of esters is 2. The van der Waals surface area contributed by atoms with Crippen molar-refractivity contribution < 1.29 is 46.5 Å². The number of benzene rings is 1. The Labute approximate surface area is 221 Å². The van der Waals surface area contributed by atoms with Crippen LogP contribution in [0.3, 0.4) is 0 Å². The topological polar surface area (TPSA) is 94.6 Å². The summed E-state index contributed by atoms with van der Waals surface area (Å²) < 4.78 is 59.0. The van der Waals surface area contributed by atoms with Crippen LogP contribution in [0, 0.1) is 12.8 Å². The van der Waals surface area contributed by atoms with Gasteiger partial charge in [-0.1, -0.05) is 26.0 Å². The zero-order valence-electron chi connectivity index (χ0n) is 22.9. The number of hydrogen-bond acceptors (Lipinski definition) is 8. The van der Waals surface area contributed by atoms with E-state index in [1.807, 2.05) is 24.0 Å². The summed E-state index contributed by atoms with van der Waals surface area (Å²) in [6.07, 6.45) is -8.88. The molecule has 0 radical (unpaired) electrons. The fraction of sp³-hybridized carbons (Fsp3) is 0.654. The second-order valence-corrected chi connectivity index (χ2v) is 10.1. The van der Waals surface area contributed by atoms with E-state index in [4.69, 9.17) is 14.2 Å². The Bertz CT molecular complexity index is 990. The molecule has 1 saturated heterocycles. The standard InChI is InChI=1S/C26H37F3N2O7/c1-16(2)22(32)36-19(5)37-23(33)25(6,7)38-21-14-17(3)8-9-20(21)15-30-10-12-31(13-11-30)24(34)35-18(4)26(27,28)29/h8-9,14,16,18-19H,10-13,15H2,1-7H3. The lowest BCUT2D eigenvalue weighted by molar-refractivity contribution is -0.200. The first-order chi connectivity index (χ1) is 17.5. The number of aryl methyl sites for hydroxylation is 1. The van der Waals surface area contributed by atoms with E-state index in [0.29, 0.717) is 25.4 Å². The van der Waals surface area contributed by atoms with E-state index in [-0.39, 0.29) is 19.0 Å².